The monoisotopic (exact) mass is 520 g/mol. The van der Waals surface area contributed by atoms with Gasteiger partial charge in [0.25, 0.3) is 0 Å². The fourth-order valence-corrected chi connectivity index (χ4v) is 9.75. The summed E-state index contributed by atoms with van der Waals surface area (Å²) in [7, 11) is 6.34. The molecule has 5 heteroatoms. The zero-order valence-corrected chi connectivity index (χ0v) is 24.3. The van der Waals surface area contributed by atoms with Crippen LogP contribution < -0.4 is 24.3 Å². The lowest BCUT2D eigenvalue weighted by atomic mass is 9.96. The molecule has 4 rings (SSSR count). The lowest BCUT2D eigenvalue weighted by Crippen LogP contribution is -2.30. The Kier molecular flexibility index (Phi) is 8.70. The van der Waals surface area contributed by atoms with Crippen molar-refractivity contribution in [2.75, 3.05) is 28.4 Å². The predicted molar refractivity (Wildman–Crippen MR) is 157 cm³/mol. The molecule has 0 amide bonds. The van der Waals surface area contributed by atoms with Gasteiger partial charge in [-0.05, 0) is 64.4 Å². The van der Waals surface area contributed by atoms with E-state index in [0.717, 1.165) is 34.1 Å². The topological polar surface area (TPSA) is 36.9 Å². The van der Waals surface area contributed by atoms with Crippen LogP contribution >= 0.6 is 7.92 Å². The van der Waals surface area contributed by atoms with Gasteiger partial charge in [-0.1, -0.05) is 78.3 Å². The highest BCUT2D eigenvalue weighted by Crippen LogP contribution is 2.60. The van der Waals surface area contributed by atoms with E-state index in [1.54, 1.807) is 28.4 Å². The van der Waals surface area contributed by atoms with Crippen LogP contribution in [-0.4, -0.2) is 39.3 Å². The van der Waals surface area contributed by atoms with Crippen molar-refractivity contribution in [2.24, 2.45) is 0 Å². The molecular weight excluding hydrogens is 479 g/mol. The maximum absolute atomic E-state index is 5.92. The molecule has 0 bridgehead atoms. The Hall–Kier alpha value is -2.71. The summed E-state index contributed by atoms with van der Waals surface area (Å²) in [6, 6.07) is 18.7. The van der Waals surface area contributed by atoms with Gasteiger partial charge in [-0.15, -0.1) is 0 Å². The summed E-state index contributed by atoms with van der Waals surface area (Å²) < 4.78 is 23.7. The summed E-state index contributed by atoms with van der Waals surface area (Å²) in [5.41, 5.74) is 5.00. The number of ether oxygens (including phenoxy) is 4. The summed E-state index contributed by atoms with van der Waals surface area (Å²) >= 11 is 0. The number of rotatable bonds is 8. The molecule has 0 N–H and O–H groups in total. The minimum absolute atomic E-state index is 0.0900. The molecule has 1 saturated carbocycles. The predicted octanol–water partition coefficient (Wildman–Crippen LogP) is 8.29. The molecule has 3 aromatic rings. The van der Waals surface area contributed by atoms with Gasteiger partial charge in [0.15, 0.2) is 0 Å². The van der Waals surface area contributed by atoms with Gasteiger partial charge in [0, 0.05) is 0 Å². The van der Waals surface area contributed by atoms with E-state index in [0.29, 0.717) is 5.66 Å². The molecule has 0 saturated heterocycles. The van der Waals surface area contributed by atoms with Gasteiger partial charge >= 0.3 is 0 Å². The fraction of sp³-hybridized carbons (Fsp3) is 0.438. The summed E-state index contributed by atoms with van der Waals surface area (Å²) in [5.74, 6) is 3.27. The molecule has 1 aliphatic rings. The zero-order chi connectivity index (χ0) is 26.6. The Morgan fingerprint density at radius 3 is 1.32 bits per heavy atom. The van der Waals surface area contributed by atoms with Crippen LogP contribution in [0, 0.1) is 0 Å². The van der Waals surface area contributed by atoms with E-state index >= 15 is 0 Å². The Bertz CT molecular complexity index is 1090. The first kappa shape index (κ1) is 27.3. The quantitative estimate of drug-likeness (QED) is 0.280. The number of methoxy groups -OCH3 is 4. The van der Waals surface area contributed by atoms with Crippen molar-refractivity contribution in [3.05, 3.63) is 54.6 Å². The van der Waals surface area contributed by atoms with Crippen LogP contribution in [0.25, 0.3) is 22.3 Å². The van der Waals surface area contributed by atoms with E-state index in [1.807, 2.05) is 36.4 Å². The van der Waals surface area contributed by atoms with Crippen molar-refractivity contribution < 1.29 is 18.9 Å². The zero-order valence-electron chi connectivity index (χ0n) is 23.4. The van der Waals surface area contributed by atoms with Crippen LogP contribution in [0.2, 0.25) is 0 Å². The fourth-order valence-electron chi connectivity index (χ4n) is 5.84. The Balaban J connectivity index is 2.14. The number of benzene rings is 3. The van der Waals surface area contributed by atoms with Gasteiger partial charge in [-0.2, -0.15) is 0 Å². The van der Waals surface area contributed by atoms with E-state index in [2.05, 4.69) is 39.0 Å². The van der Waals surface area contributed by atoms with E-state index in [9.17, 15) is 0 Å². The van der Waals surface area contributed by atoms with Gasteiger partial charge in [0.2, 0.25) is 0 Å². The van der Waals surface area contributed by atoms with Crippen molar-refractivity contribution in [1.82, 2.24) is 0 Å². The molecule has 0 radical (unpaired) electrons. The summed E-state index contributed by atoms with van der Waals surface area (Å²) in [5, 5.41) is 1.47. The second kappa shape index (κ2) is 11.8. The van der Waals surface area contributed by atoms with Gasteiger partial charge in [-0.3, -0.25) is 0 Å². The van der Waals surface area contributed by atoms with Gasteiger partial charge in [0.1, 0.15) is 23.0 Å². The molecule has 4 nitrogen and oxygen atoms in total. The average Bonchev–Trinajstić information content (AvgIpc) is 2.92. The maximum Gasteiger partial charge on any atom is 0.130 e. The van der Waals surface area contributed by atoms with Gasteiger partial charge in [-0.25, -0.2) is 0 Å². The smallest absolute Gasteiger partial charge is 0.130 e. The Morgan fingerprint density at radius 1 is 0.595 bits per heavy atom. The highest BCUT2D eigenvalue weighted by Gasteiger charge is 2.38. The standard InChI is InChI=1S/C32H41O4P/c1-32(2,3)37(22-14-9-8-10-15-22)31-23(29-25(33-4)18-12-19-26(29)34-5)16-11-17-24(31)30-27(35-6)20-13-21-28(30)36-7/h11-13,16-22H,8-10,14-15H2,1-7H3. The lowest BCUT2D eigenvalue weighted by molar-refractivity contribution is 0.397. The van der Waals surface area contributed by atoms with Crippen LogP contribution in [0.5, 0.6) is 23.0 Å². The molecule has 3 aromatic carbocycles. The van der Waals surface area contributed by atoms with Gasteiger partial charge in [0.05, 0.1) is 39.6 Å². The molecular formula is C32H41O4P. The molecule has 1 fully saturated rings. The molecule has 37 heavy (non-hydrogen) atoms. The first-order valence-electron chi connectivity index (χ1n) is 13.2. The van der Waals surface area contributed by atoms with Crippen LogP contribution in [0.4, 0.5) is 0 Å². The molecule has 1 unspecified atom stereocenters. The van der Waals surface area contributed by atoms with Crippen LogP contribution in [0.1, 0.15) is 52.9 Å². The van der Waals surface area contributed by atoms with Gasteiger partial charge < -0.3 is 18.9 Å². The average molecular weight is 521 g/mol. The minimum atomic E-state index is -0.596. The second-order valence-corrected chi connectivity index (χ2v) is 13.9. The Labute approximate surface area is 224 Å². The molecule has 0 spiro atoms. The molecule has 0 heterocycles. The minimum Gasteiger partial charge on any atom is -0.496 e. The third-order valence-corrected chi connectivity index (χ3v) is 11.0. The third-order valence-electron chi connectivity index (χ3n) is 7.33. The third kappa shape index (κ3) is 5.46. The molecule has 1 atom stereocenters. The highest BCUT2D eigenvalue weighted by molar-refractivity contribution is 7.68. The normalized spacial score (nSPS) is 15.2. The van der Waals surface area contributed by atoms with Crippen molar-refractivity contribution >= 4 is 13.2 Å². The van der Waals surface area contributed by atoms with E-state index in [4.69, 9.17) is 18.9 Å². The second-order valence-electron chi connectivity index (χ2n) is 10.6. The molecule has 0 aromatic heterocycles. The van der Waals surface area contributed by atoms with Crippen molar-refractivity contribution in [1.29, 1.82) is 0 Å². The van der Waals surface area contributed by atoms with Crippen molar-refractivity contribution in [3.8, 4) is 45.3 Å². The van der Waals surface area contributed by atoms with Crippen LogP contribution in [0.3, 0.4) is 0 Å². The first-order valence-corrected chi connectivity index (χ1v) is 14.6. The SMILES string of the molecule is COc1cccc(OC)c1-c1cccc(-c2c(OC)cccc2OC)c1P(C1CCCCC1)C(C)(C)C. The molecule has 198 valence electrons. The first-order chi connectivity index (χ1) is 17.8. The van der Waals surface area contributed by atoms with Crippen LogP contribution in [-0.2, 0) is 0 Å². The van der Waals surface area contributed by atoms with E-state index in [1.165, 1.54) is 48.5 Å². The lowest BCUT2D eigenvalue weighted by Gasteiger charge is -2.42. The molecule has 0 aliphatic heterocycles. The largest absolute Gasteiger partial charge is 0.496 e. The highest BCUT2D eigenvalue weighted by atomic mass is 31.1. The van der Waals surface area contributed by atoms with E-state index < -0.39 is 7.92 Å². The maximum atomic E-state index is 5.92. The molecule has 1 aliphatic carbocycles. The van der Waals surface area contributed by atoms with E-state index in [-0.39, 0.29) is 5.16 Å². The number of hydrogen-bond acceptors (Lipinski definition) is 4. The number of hydrogen-bond donors (Lipinski definition) is 0. The van der Waals surface area contributed by atoms with Crippen LogP contribution in [0.15, 0.2) is 54.6 Å². The Morgan fingerprint density at radius 2 is 0.973 bits per heavy atom. The summed E-state index contributed by atoms with van der Waals surface area (Å²) in [6.45, 7) is 7.23. The van der Waals surface area contributed by atoms with Crippen molar-refractivity contribution in [3.63, 3.8) is 0 Å². The summed E-state index contributed by atoms with van der Waals surface area (Å²) in [6.07, 6.45) is 6.46. The summed E-state index contributed by atoms with van der Waals surface area (Å²) in [4.78, 5) is 0. The van der Waals surface area contributed by atoms with Crippen molar-refractivity contribution in [2.45, 2.75) is 63.7 Å².